The van der Waals surface area contributed by atoms with Gasteiger partial charge in [-0.25, -0.2) is 0 Å². The molecular formula is C19H18BrN3O3. The van der Waals surface area contributed by atoms with Crippen molar-refractivity contribution in [2.24, 2.45) is 0 Å². The largest absolute Gasteiger partial charge is 0.350 e. The summed E-state index contributed by atoms with van der Waals surface area (Å²) in [5, 5.41) is 2.91. The lowest BCUT2D eigenvalue weighted by Gasteiger charge is -2.16. The second-order valence-electron chi connectivity index (χ2n) is 6.13. The van der Waals surface area contributed by atoms with Crippen LogP contribution in [0.4, 0.5) is 0 Å². The molecule has 0 fully saturated rings. The highest BCUT2D eigenvalue weighted by Crippen LogP contribution is 2.26. The Morgan fingerprint density at radius 1 is 1.15 bits per heavy atom. The summed E-state index contributed by atoms with van der Waals surface area (Å²) in [5.41, 5.74) is 1.79. The van der Waals surface area contributed by atoms with Gasteiger partial charge in [-0.15, -0.1) is 0 Å². The maximum absolute atomic E-state index is 12.4. The number of hydrogen-bond donors (Lipinski definition) is 1. The van der Waals surface area contributed by atoms with Crippen molar-refractivity contribution in [2.45, 2.75) is 25.8 Å². The van der Waals surface area contributed by atoms with Gasteiger partial charge in [0.25, 0.3) is 11.8 Å². The van der Waals surface area contributed by atoms with Gasteiger partial charge < -0.3 is 5.32 Å². The monoisotopic (exact) mass is 415 g/mol. The first-order valence-corrected chi connectivity index (χ1v) is 9.11. The smallest absolute Gasteiger partial charge is 0.261 e. The summed E-state index contributed by atoms with van der Waals surface area (Å²) in [6.45, 7) is 2.12. The highest BCUT2D eigenvalue weighted by atomic mass is 79.9. The van der Waals surface area contributed by atoms with E-state index < -0.39 is 0 Å². The van der Waals surface area contributed by atoms with Gasteiger partial charge in [0, 0.05) is 29.8 Å². The molecule has 1 aliphatic rings. The minimum atomic E-state index is -0.308. The second-order valence-corrected chi connectivity index (χ2v) is 7.04. The highest BCUT2D eigenvalue weighted by molar-refractivity contribution is 9.10. The molecule has 6 nitrogen and oxygen atoms in total. The molecule has 0 spiro atoms. The molecule has 0 saturated heterocycles. The molecule has 0 saturated carbocycles. The van der Waals surface area contributed by atoms with Crippen LogP contribution in [0.3, 0.4) is 0 Å². The number of hydrogen-bond acceptors (Lipinski definition) is 4. The Bertz CT molecular complexity index is 854. The summed E-state index contributed by atoms with van der Waals surface area (Å²) in [6, 6.07) is 8.61. The number of halogens is 1. The van der Waals surface area contributed by atoms with Crippen LogP contribution in [0.5, 0.6) is 0 Å². The maximum atomic E-state index is 12.4. The van der Waals surface area contributed by atoms with Crippen LogP contribution in [-0.4, -0.2) is 34.2 Å². The van der Waals surface area contributed by atoms with Gasteiger partial charge >= 0.3 is 0 Å². The van der Waals surface area contributed by atoms with Crippen molar-refractivity contribution in [2.75, 3.05) is 6.54 Å². The van der Waals surface area contributed by atoms with Crippen LogP contribution in [0.15, 0.2) is 47.2 Å². The number of carbonyl (C=O) groups excluding carboxylic acids is 3. The lowest BCUT2D eigenvalue weighted by atomic mass is 10.1. The molecule has 7 heteroatoms. The summed E-state index contributed by atoms with van der Waals surface area (Å²) < 4.78 is 0.753. The number of benzene rings is 1. The van der Waals surface area contributed by atoms with Crippen molar-refractivity contribution in [1.82, 2.24) is 15.2 Å². The van der Waals surface area contributed by atoms with E-state index in [-0.39, 0.29) is 36.7 Å². The van der Waals surface area contributed by atoms with Crippen molar-refractivity contribution in [1.29, 1.82) is 0 Å². The standard InChI is InChI=1S/C19H18BrN3O3/c1-12(13-6-8-21-9-7-13)22-17(24)3-2-10-23-18(25)15-5-4-14(20)11-16(15)19(23)26/h4-9,11-12H,2-3,10H2,1H3,(H,22,24). The molecule has 1 aliphatic heterocycles. The highest BCUT2D eigenvalue weighted by Gasteiger charge is 2.35. The first kappa shape index (κ1) is 18.3. The average molecular weight is 416 g/mol. The predicted octanol–water partition coefficient (Wildman–Crippen LogP) is 3.10. The molecule has 1 aromatic carbocycles. The van der Waals surface area contributed by atoms with Crippen molar-refractivity contribution < 1.29 is 14.4 Å². The molecule has 3 rings (SSSR count). The Morgan fingerprint density at radius 2 is 1.85 bits per heavy atom. The Morgan fingerprint density at radius 3 is 2.58 bits per heavy atom. The van der Waals surface area contributed by atoms with E-state index in [1.165, 1.54) is 4.90 Å². The number of pyridine rings is 1. The molecule has 2 aromatic rings. The first-order chi connectivity index (χ1) is 12.5. The number of aromatic nitrogens is 1. The number of amides is 3. The minimum Gasteiger partial charge on any atom is -0.350 e. The van der Waals surface area contributed by atoms with E-state index in [4.69, 9.17) is 0 Å². The molecule has 134 valence electrons. The van der Waals surface area contributed by atoms with Crippen LogP contribution in [-0.2, 0) is 4.79 Å². The Labute approximate surface area is 159 Å². The number of nitrogens with one attached hydrogen (secondary N) is 1. The van der Waals surface area contributed by atoms with Crippen LogP contribution in [0.2, 0.25) is 0 Å². The fourth-order valence-electron chi connectivity index (χ4n) is 2.91. The van der Waals surface area contributed by atoms with Crippen LogP contribution in [0.1, 0.15) is 52.1 Å². The normalized spacial score (nSPS) is 14.3. The first-order valence-electron chi connectivity index (χ1n) is 8.32. The molecule has 1 N–H and O–H groups in total. The molecule has 0 radical (unpaired) electrons. The lowest BCUT2D eigenvalue weighted by molar-refractivity contribution is -0.121. The van der Waals surface area contributed by atoms with E-state index >= 15 is 0 Å². The van der Waals surface area contributed by atoms with Gasteiger partial charge in [-0.1, -0.05) is 15.9 Å². The molecule has 0 aliphatic carbocycles. The van der Waals surface area contributed by atoms with E-state index in [2.05, 4.69) is 26.2 Å². The number of rotatable bonds is 6. The van der Waals surface area contributed by atoms with Gasteiger partial charge in [-0.2, -0.15) is 0 Å². The Hall–Kier alpha value is -2.54. The van der Waals surface area contributed by atoms with Crippen LogP contribution >= 0.6 is 15.9 Å². The van der Waals surface area contributed by atoms with Gasteiger partial charge in [0.2, 0.25) is 5.91 Å². The zero-order chi connectivity index (χ0) is 18.7. The summed E-state index contributed by atoms with van der Waals surface area (Å²) in [4.78, 5) is 42.0. The van der Waals surface area contributed by atoms with Crippen molar-refractivity contribution in [3.63, 3.8) is 0 Å². The zero-order valence-electron chi connectivity index (χ0n) is 14.2. The summed E-state index contributed by atoms with van der Waals surface area (Å²) in [6.07, 6.45) is 4.02. The third-order valence-electron chi connectivity index (χ3n) is 4.30. The van der Waals surface area contributed by atoms with Crippen molar-refractivity contribution in [3.05, 3.63) is 63.9 Å². The number of nitrogens with zero attached hydrogens (tertiary/aromatic N) is 2. The SMILES string of the molecule is CC(NC(=O)CCCN1C(=O)c2ccc(Br)cc2C1=O)c1ccncc1. The van der Waals surface area contributed by atoms with Gasteiger partial charge in [0.15, 0.2) is 0 Å². The molecule has 2 heterocycles. The summed E-state index contributed by atoms with van der Waals surface area (Å²) >= 11 is 3.31. The van der Waals surface area contributed by atoms with E-state index in [9.17, 15) is 14.4 Å². The fourth-order valence-corrected chi connectivity index (χ4v) is 3.27. The summed E-state index contributed by atoms with van der Waals surface area (Å²) in [7, 11) is 0. The van der Waals surface area contributed by atoms with Gasteiger partial charge in [0.1, 0.15) is 0 Å². The molecular weight excluding hydrogens is 398 g/mol. The molecule has 26 heavy (non-hydrogen) atoms. The van der Waals surface area contributed by atoms with E-state index in [1.807, 2.05) is 19.1 Å². The Kier molecular flexibility index (Phi) is 5.46. The number of fused-ring (bicyclic) bond motifs is 1. The Balaban J connectivity index is 1.52. The van der Waals surface area contributed by atoms with Gasteiger partial charge in [-0.3, -0.25) is 24.3 Å². The fraction of sp³-hybridized carbons (Fsp3) is 0.263. The molecule has 1 atom stereocenters. The van der Waals surface area contributed by atoms with E-state index in [1.54, 1.807) is 30.6 Å². The quantitative estimate of drug-likeness (QED) is 0.735. The van der Waals surface area contributed by atoms with Crippen LogP contribution < -0.4 is 5.32 Å². The minimum absolute atomic E-state index is 0.117. The molecule has 3 amide bonds. The zero-order valence-corrected chi connectivity index (χ0v) is 15.8. The van der Waals surface area contributed by atoms with Crippen LogP contribution in [0, 0.1) is 0 Å². The third kappa shape index (κ3) is 3.83. The van der Waals surface area contributed by atoms with E-state index in [0.29, 0.717) is 17.5 Å². The topological polar surface area (TPSA) is 79.4 Å². The second kappa shape index (κ2) is 7.78. The number of carbonyl (C=O) groups is 3. The van der Waals surface area contributed by atoms with Crippen molar-refractivity contribution >= 4 is 33.7 Å². The number of imide groups is 1. The predicted molar refractivity (Wildman–Crippen MR) is 99.5 cm³/mol. The van der Waals surface area contributed by atoms with Gasteiger partial charge in [-0.05, 0) is 49.2 Å². The molecule has 0 bridgehead atoms. The van der Waals surface area contributed by atoms with Crippen LogP contribution in [0.25, 0.3) is 0 Å². The average Bonchev–Trinajstić information content (AvgIpc) is 2.86. The van der Waals surface area contributed by atoms with E-state index in [0.717, 1.165) is 10.0 Å². The molecule has 1 unspecified atom stereocenters. The lowest BCUT2D eigenvalue weighted by Crippen LogP contribution is -2.32. The van der Waals surface area contributed by atoms with Gasteiger partial charge in [0.05, 0.1) is 17.2 Å². The summed E-state index contributed by atoms with van der Waals surface area (Å²) in [5.74, 6) is -0.728. The third-order valence-corrected chi connectivity index (χ3v) is 4.80. The maximum Gasteiger partial charge on any atom is 0.261 e. The molecule has 1 aromatic heterocycles. The van der Waals surface area contributed by atoms with Crippen molar-refractivity contribution in [3.8, 4) is 0 Å².